The predicted octanol–water partition coefficient (Wildman–Crippen LogP) is 1.16. The second-order valence-electron chi connectivity index (χ2n) is 6.25. The van der Waals surface area contributed by atoms with Gasteiger partial charge in [-0.05, 0) is 6.92 Å². The first kappa shape index (κ1) is 14.2. The molecule has 2 aliphatic rings. The van der Waals surface area contributed by atoms with Crippen LogP contribution in [-0.4, -0.2) is 53.2 Å². The van der Waals surface area contributed by atoms with Crippen LogP contribution < -0.4 is 14.5 Å². The molecular weight excluding hydrogens is 292 g/mol. The van der Waals surface area contributed by atoms with E-state index >= 15 is 0 Å². The summed E-state index contributed by atoms with van der Waals surface area (Å²) < 4.78 is 5.19. The van der Waals surface area contributed by atoms with Gasteiger partial charge in [-0.15, -0.1) is 0 Å². The van der Waals surface area contributed by atoms with E-state index < -0.39 is 0 Å². The minimum absolute atomic E-state index is 0.616. The summed E-state index contributed by atoms with van der Waals surface area (Å²) in [4.78, 5) is 22.1. The highest BCUT2D eigenvalue weighted by molar-refractivity contribution is 5.43. The lowest BCUT2D eigenvalue weighted by atomic mass is 10.0. The molecule has 2 saturated heterocycles. The Hall–Kier alpha value is -2.44. The molecule has 0 amide bonds. The summed E-state index contributed by atoms with van der Waals surface area (Å²) in [6.07, 6.45) is 3.40. The van der Waals surface area contributed by atoms with Crippen LogP contribution in [0.15, 0.2) is 24.7 Å². The quantitative estimate of drug-likeness (QED) is 0.842. The van der Waals surface area contributed by atoms with E-state index in [2.05, 4.69) is 35.8 Å². The number of anilines is 2. The number of hydrogen-bond acceptors (Lipinski definition) is 7. The molecule has 2 aliphatic heterocycles. The van der Waals surface area contributed by atoms with Gasteiger partial charge in [-0.2, -0.15) is 4.98 Å². The van der Waals surface area contributed by atoms with Crippen molar-refractivity contribution in [2.75, 3.05) is 43.1 Å². The molecule has 0 bridgehead atoms. The molecule has 7 nitrogen and oxygen atoms in total. The lowest BCUT2D eigenvalue weighted by Crippen LogP contribution is -2.30. The molecular formula is C16H20N6O. The zero-order valence-electron chi connectivity index (χ0n) is 13.4. The van der Waals surface area contributed by atoms with Crippen LogP contribution in [0, 0.1) is 18.8 Å². The third-order valence-electron chi connectivity index (χ3n) is 4.71. The van der Waals surface area contributed by atoms with E-state index in [1.54, 1.807) is 25.7 Å². The third kappa shape index (κ3) is 2.67. The number of aryl methyl sites for hydroxylation is 1. The van der Waals surface area contributed by atoms with E-state index in [-0.39, 0.29) is 0 Å². The first-order valence-electron chi connectivity index (χ1n) is 7.88. The molecule has 0 spiro atoms. The molecule has 2 aromatic rings. The van der Waals surface area contributed by atoms with Crippen LogP contribution in [0.5, 0.6) is 5.88 Å². The van der Waals surface area contributed by atoms with Gasteiger partial charge < -0.3 is 14.5 Å². The standard InChI is InChI=1S/C16H20N6O/c1-11-5-14(19-10-18-11)21-6-12-8-22(9-13(12)7-21)16-17-4-3-15(20-16)23-2/h3-5,10,12-13H,6-9H2,1-2H3. The maximum atomic E-state index is 5.19. The van der Waals surface area contributed by atoms with Crippen molar-refractivity contribution in [1.82, 2.24) is 19.9 Å². The van der Waals surface area contributed by atoms with Gasteiger partial charge in [-0.3, -0.25) is 0 Å². The first-order chi connectivity index (χ1) is 11.2. The number of rotatable bonds is 3. The summed E-state index contributed by atoms with van der Waals surface area (Å²) >= 11 is 0. The van der Waals surface area contributed by atoms with Crippen molar-refractivity contribution in [2.45, 2.75) is 6.92 Å². The summed E-state index contributed by atoms with van der Waals surface area (Å²) in [6.45, 7) is 6.03. The maximum absolute atomic E-state index is 5.19. The van der Waals surface area contributed by atoms with Gasteiger partial charge in [0.1, 0.15) is 12.1 Å². The minimum atomic E-state index is 0.616. The van der Waals surface area contributed by atoms with Crippen molar-refractivity contribution in [2.24, 2.45) is 11.8 Å². The van der Waals surface area contributed by atoms with Gasteiger partial charge in [0, 0.05) is 62.0 Å². The molecule has 4 rings (SSSR count). The fourth-order valence-electron chi connectivity index (χ4n) is 3.56. The molecule has 2 fully saturated rings. The van der Waals surface area contributed by atoms with Gasteiger partial charge in [-0.25, -0.2) is 15.0 Å². The van der Waals surface area contributed by atoms with Crippen LogP contribution in [0.4, 0.5) is 11.8 Å². The first-order valence-corrected chi connectivity index (χ1v) is 7.88. The molecule has 2 aromatic heterocycles. The second-order valence-corrected chi connectivity index (χ2v) is 6.25. The molecule has 0 N–H and O–H groups in total. The third-order valence-corrected chi connectivity index (χ3v) is 4.71. The molecule has 7 heteroatoms. The zero-order valence-corrected chi connectivity index (χ0v) is 13.4. The van der Waals surface area contributed by atoms with Crippen LogP contribution in [0.1, 0.15) is 5.69 Å². The topological polar surface area (TPSA) is 67.3 Å². The SMILES string of the molecule is COc1ccnc(N2CC3CN(c4cc(C)ncn4)CC3C2)n1. The van der Waals surface area contributed by atoms with Crippen molar-refractivity contribution in [1.29, 1.82) is 0 Å². The molecule has 2 unspecified atom stereocenters. The van der Waals surface area contributed by atoms with Crippen molar-refractivity contribution in [3.8, 4) is 5.88 Å². The Morgan fingerprint density at radius 1 is 1.04 bits per heavy atom. The smallest absolute Gasteiger partial charge is 0.228 e. The minimum Gasteiger partial charge on any atom is -0.481 e. The van der Waals surface area contributed by atoms with Gasteiger partial charge >= 0.3 is 0 Å². The highest BCUT2D eigenvalue weighted by Crippen LogP contribution is 2.34. The fourth-order valence-corrected chi connectivity index (χ4v) is 3.56. The van der Waals surface area contributed by atoms with Crippen LogP contribution >= 0.6 is 0 Å². The van der Waals surface area contributed by atoms with Crippen molar-refractivity contribution in [3.63, 3.8) is 0 Å². The van der Waals surface area contributed by atoms with E-state index in [1.807, 2.05) is 6.92 Å². The van der Waals surface area contributed by atoms with Crippen LogP contribution in [0.25, 0.3) is 0 Å². The number of ether oxygens (including phenoxy) is 1. The van der Waals surface area contributed by atoms with Gasteiger partial charge in [0.15, 0.2) is 0 Å². The number of nitrogens with zero attached hydrogens (tertiary/aromatic N) is 6. The average Bonchev–Trinajstić information content (AvgIpc) is 3.14. The van der Waals surface area contributed by atoms with Gasteiger partial charge in [0.2, 0.25) is 11.8 Å². The highest BCUT2D eigenvalue weighted by Gasteiger charge is 2.41. The molecule has 0 aromatic carbocycles. The van der Waals surface area contributed by atoms with E-state index in [4.69, 9.17) is 4.74 Å². The number of methoxy groups -OCH3 is 1. The maximum Gasteiger partial charge on any atom is 0.228 e. The zero-order chi connectivity index (χ0) is 15.8. The molecule has 0 radical (unpaired) electrons. The van der Waals surface area contributed by atoms with Crippen molar-refractivity contribution in [3.05, 3.63) is 30.4 Å². The van der Waals surface area contributed by atoms with Crippen molar-refractivity contribution < 1.29 is 4.74 Å². The molecule has 0 aliphatic carbocycles. The summed E-state index contributed by atoms with van der Waals surface area (Å²) in [5, 5.41) is 0. The molecule has 0 saturated carbocycles. The Morgan fingerprint density at radius 2 is 1.78 bits per heavy atom. The van der Waals surface area contributed by atoms with E-state index in [9.17, 15) is 0 Å². The lowest BCUT2D eigenvalue weighted by Gasteiger charge is -2.22. The number of aromatic nitrogens is 4. The van der Waals surface area contributed by atoms with E-state index in [0.29, 0.717) is 17.7 Å². The second kappa shape index (κ2) is 5.64. The lowest BCUT2D eigenvalue weighted by molar-refractivity contribution is 0.397. The van der Waals surface area contributed by atoms with E-state index in [0.717, 1.165) is 43.6 Å². The Morgan fingerprint density at radius 3 is 2.48 bits per heavy atom. The highest BCUT2D eigenvalue weighted by atomic mass is 16.5. The van der Waals surface area contributed by atoms with Crippen LogP contribution in [0.2, 0.25) is 0 Å². The predicted molar refractivity (Wildman–Crippen MR) is 86.8 cm³/mol. The Balaban J connectivity index is 1.45. The van der Waals surface area contributed by atoms with Gasteiger partial charge in [0.05, 0.1) is 7.11 Å². The number of hydrogen-bond donors (Lipinski definition) is 0. The summed E-state index contributed by atoms with van der Waals surface area (Å²) in [5.41, 5.74) is 1.01. The van der Waals surface area contributed by atoms with Crippen LogP contribution in [-0.2, 0) is 0 Å². The molecule has 2 atom stereocenters. The Bertz CT molecular complexity index is 694. The summed E-state index contributed by atoms with van der Waals surface area (Å²) in [5.74, 6) is 3.67. The monoisotopic (exact) mass is 312 g/mol. The Labute approximate surface area is 135 Å². The molecule has 4 heterocycles. The van der Waals surface area contributed by atoms with Crippen LogP contribution in [0.3, 0.4) is 0 Å². The normalized spacial score (nSPS) is 23.2. The summed E-state index contributed by atoms with van der Waals surface area (Å²) in [7, 11) is 1.63. The molecule has 23 heavy (non-hydrogen) atoms. The van der Waals surface area contributed by atoms with E-state index in [1.165, 1.54) is 0 Å². The Kier molecular flexibility index (Phi) is 3.48. The fraction of sp³-hybridized carbons (Fsp3) is 0.500. The average molecular weight is 312 g/mol. The largest absolute Gasteiger partial charge is 0.481 e. The van der Waals surface area contributed by atoms with Crippen molar-refractivity contribution >= 4 is 11.8 Å². The molecule has 120 valence electrons. The van der Waals surface area contributed by atoms with Gasteiger partial charge in [-0.1, -0.05) is 0 Å². The summed E-state index contributed by atoms with van der Waals surface area (Å²) in [6, 6.07) is 3.84. The number of fused-ring (bicyclic) bond motifs is 1. The van der Waals surface area contributed by atoms with Gasteiger partial charge in [0.25, 0.3) is 0 Å².